The molecule has 1 unspecified atom stereocenters. The van der Waals surface area contributed by atoms with Gasteiger partial charge in [0.25, 0.3) is 0 Å². The molecule has 0 aromatic carbocycles. The molecule has 2 nitrogen and oxygen atoms in total. The first-order valence-electron chi connectivity index (χ1n) is 6.58. The summed E-state index contributed by atoms with van der Waals surface area (Å²) in [6.07, 6.45) is 5.33. The van der Waals surface area contributed by atoms with Gasteiger partial charge in [0.1, 0.15) is 0 Å². The van der Waals surface area contributed by atoms with E-state index >= 15 is 0 Å². The monoisotopic (exact) mass is 212 g/mol. The normalized spacial score (nSPS) is 20.6. The Labute approximate surface area is 95.2 Å². The summed E-state index contributed by atoms with van der Waals surface area (Å²) in [5.41, 5.74) is 6.29. The zero-order valence-corrected chi connectivity index (χ0v) is 10.8. The summed E-state index contributed by atoms with van der Waals surface area (Å²) in [5, 5.41) is 0. The van der Waals surface area contributed by atoms with Gasteiger partial charge in [0.05, 0.1) is 0 Å². The van der Waals surface area contributed by atoms with Gasteiger partial charge >= 0.3 is 0 Å². The Morgan fingerprint density at radius 2 is 2.00 bits per heavy atom. The minimum Gasteiger partial charge on any atom is -0.330 e. The molecule has 0 aromatic heterocycles. The average molecular weight is 212 g/mol. The fourth-order valence-electron chi connectivity index (χ4n) is 2.32. The first-order valence-corrected chi connectivity index (χ1v) is 6.58. The van der Waals surface area contributed by atoms with E-state index in [4.69, 9.17) is 5.73 Å². The molecular formula is C13H28N2. The molecule has 0 saturated heterocycles. The van der Waals surface area contributed by atoms with Crippen molar-refractivity contribution in [2.24, 2.45) is 17.1 Å². The molecule has 0 spiro atoms. The summed E-state index contributed by atoms with van der Waals surface area (Å²) in [6, 6.07) is 0. The Kier molecular flexibility index (Phi) is 5.07. The van der Waals surface area contributed by atoms with Crippen molar-refractivity contribution < 1.29 is 0 Å². The molecule has 0 bridgehead atoms. The molecular weight excluding hydrogens is 184 g/mol. The quantitative estimate of drug-likeness (QED) is 0.670. The summed E-state index contributed by atoms with van der Waals surface area (Å²) in [6.45, 7) is 11.5. The summed E-state index contributed by atoms with van der Waals surface area (Å²) in [5.74, 6) is 0.832. The largest absolute Gasteiger partial charge is 0.330 e. The van der Waals surface area contributed by atoms with Crippen LogP contribution in [0.2, 0.25) is 0 Å². The molecule has 1 aliphatic rings. The molecule has 1 saturated carbocycles. The maximum absolute atomic E-state index is 5.68. The molecule has 1 aliphatic carbocycles. The molecule has 0 aromatic rings. The molecule has 2 heteroatoms. The summed E-state index contributed by atoms with van der Waals surface area (Å²) < 4.78 is 0. The number of rotatable bonds is 8. The molecule has 0 amide bonds. The summed E-state index contributed by atoms with van der Waals surface area (Å²) >= 11 is 0. The van der Waals surface area contributed by atoms with Gasteiger partial charge in [-0.25, -0.2) is 0 Å². The number of nitrogens with zero attached hydrogens (tertiary/aromatic N) is 1. The van der Waals surface area contributed by atoms with Crippen molar-refractivity contribution in [2.45, 2.75) is 46.5 Å². The highest BCUT2D eigenvalue weighted by molar-refractivity contribution is 4.95. The van der Waals surface area contributed by atoms with Gasteiger partial charge in [-0.05, 0) is 43.7 Å². The van der Waals surface area contributed by atoms with Gasteiger partial charge in [0.15, 0.2) is 0 Å². The van der Waals surface area contributed by atoms with Gasteiger partial charge in [-0.15, -0.1) is 0 Å². The molecule has 0 heterocycles. The highest BCUT2D eigenvalue weighted by Gasteiger charge is 2.42. The first kappa shape index (κ1) is 13.0. The van der Waals surface area contributed by atoms with Crippen LogP contribution >= 0.6 is 0 Å². The van der Waals surface area contributed by atoms with Crippen molar-refractivity contribution >= 4 is 0 Å². The molecule has 1 rings (SSSR count). The zero-order valence-electron chi connectivity index (χ0n) is 10.8. The lowest BCUT2D eigenvalue weighted by atomic mass is 10.0. The number of hydrogen-bond acceptors (Lipinski definition) is 2. The molecule has 2 N–H and O–H groups in total. The van der Waals surface area contributed by atoms with Crippen molar-refractivity contribution in [3.05, 3.63) is 0 Å². The molecule has 90 valence electrons. The third-order valence-electron chi connectivity index (χ3n) is 3.90. The summed E-state index contributed by atoms with van der Waals surface area (Å²) in [7, 11) is 0. The van der Waals surface area contributed by atoms with E-state index < -0.39 is 0 Å². The third kappa shape index (κ3) is 4.12. The standard InChI is InChI=1S/C13H28N2/c1-4-12(3)10-15(5-2)11-13(6-7-13)8-9-14/h12H,4-11,14H2,1-3H3. The van der Waals surface area contributed by atoms with Crippen molar-refractivity contribution in [3.8, 4) is 0 Å². The topological polar surface area (TPSA) is 29.3 Å². The van der Waals surface area contributed by atoms with Gasteiger partial charge in [-0.2, -0.15) is 0 Å². The molecule has 0 aliphatic heterocycles. The van der Waals surface area contributed by atoms with Crippen LogP contribution in [0, 0.1) is 11.3 Å². The maximum atomic E-state index is 5.68. The highest BCUT2D eigenvalue weighted by atomic mass is 15.1. The van der Waals surface area contributed by atoms with Crippen LogP contribution in [0.15, 0.2) is 0 Å². The highest BCUT2D eigenvalue weighted by Crippen LogP contribution is 2.49. The lowest BCUT2D eigenvalue weighted by Gasteiger charge is -2.28. The Morgan fingerprint density at radius 3 is 2.40 bits per heavy atom. The Balaban J connectivity index is 2.33. The maximum Gasteiger partial charge on any atom is 0.00384 e. The lowest BCUT2D eigenvalue weighted by Crippen LogP contribution is -2.34. The van der Waals surface area contributed by atoms with E-state index in [9.17, 15) is 0 Å². The van der Waals surface area contributed by atoms with Crippen molar-refractivity contribution in [1.29, 1.82) is 0 Å². The second-order valence-electron chi connectivity index (χ2n) is 5.38. The predicted molar refractivity (Wildman–Crippen MR) is 66.9 cm³/mol. The van der Waals surface area contributed by atoms with E-state index in [1.807, 2.05) is 0 Å². The third-order valence-corrected chi connectivity index (χ3v) is 3.90. The van der Waals surface area contributed by atoms with Gasteiger partial charge in [0, 0.05) is 13.1 Å². The molecule has 1 atom stereocenters. The fourth-order valence-corrected chi connectivity index (χ4v) is 2.32. The minimum atomic E-state index is 0.609. The SMILES string of the molecule is CCC(C)CN(CC)CC1(CCN)CC1. The molecule has 1 fully saturated rings. The fraction of sp³-hybridized carbons (Fsp3) is 1.00. The minimum absolute atomic E-state index is 0.609. The first-order chi connectivity index (χ1) is 7.15. The second-order valence-corrected chi connectivity index (χ2v) is 5.38. The smallest absolute Gasteiger partial charge is 0.00384 e. The van der Waals surface area contributed by atoms with Crippen molar-refractivity contribution in [3.63, 3.8) is 0 Å². The second kappa shape index (κ2) is 5.86. The van der Waals surface area contributed by atoms with Crippen LogP contribution in [-0.2, 0) is 0 Å². The Bertz CT molecular complexity index is 175. The zero-order chi connectivity index (χ0) is 11.3. The Hall–Kier alpha value is -0.0800. The van der Waals surface area contributed by atoms with Crippen LogP contribution in [0.3, 0.4) is 0 Å². The molecule has 15 heavy (non-hydrogen) atoms. The van der Waals surface area contributed by atoms with E-state index in [1.165, 1.54) is 45.3 Å². The number of hydrogen-bond donors (Lipinski definition) is 1. The van der Waals surface area contributed by atoms with Gasteiger partial charge in [-0.1, -0.05) is 27.2 Å². The van der Waals surface area contributed by atoms with Crippen molar-refractivity contribution in [1.82, 2.24) is 4.90 Å². The van der Waals surface area contributed by atoms with E-state index in [0.29, 0.717) is 5.41 Å². The predicted octanol–water partition coefficient (Wildman–Crippen LogP) is 2.48. The van der Waals surface area contributed by atoms with Crippen LogP contribution in [0.1, 0.15) is 46.5 Å². The van der Waals surface area contributed by atoms with Crippen LogP contribution < -0.4 is 5.73 Å². The lowest BCUT2D eigenvalue weighted by molar-refractivity contribution is 0.195. The van der Waals surface area contributed by atoms with Gasteiger partial charge in [-0.3, -0.25) is 0 Å². The van der Waals surface area contributed by atoms with E-state index in [0.717, 1.165) is 12.5 Å². The van der Waals surface area contributed by atoms with Gasteiger partial charge in [0.2, 0.25) is 0 Å². The van der Waals surface area contributed by atoms with E-state index in [-0.39, 0.29) is 0 Å². The van der Waals surface area contributed by atoms with Crippen LogP contribution in [-0.4, -0.2) is 31.1 Å². The van der Waals surface area contributed by atoms with Crippen LogP contribution in [0.25, 0.3) is 0 Å². The number of nitrogens with two attached hydrogens (primary N) is 1. The van der Waals surface area contributed by atoms with Crippen LogP contribution in [0.4, 0.5) is 0 Å². The Morgan fingerprint density at radius 1 is 1.33 bits per heavy atom. The van der Waals surface area contributed by atoms with Crippen LogP contribution in [0.5, 0.6) is 0 Å². The molecule has 0 radical (unpaired) electrons. The van der Waals surface area contributed by atoms with Gasteiger partial charge < -0.3 is 10.6 Å². The average Bonchev–Trinajstić information content (AvgIpc) is 2.97. The summed E-state index contributed by atoms with van der Waals surface area (Å²) in [4.78, 5) is 2.62. The van der Waals surface area contributed by atoms with E-state index in [1.54, 1.807) is 0 Å². The van der Waals surface area contributed by atoms with Crippen molar-refractivity contribution in [2.75, 3.05) is 26.2 Å². The van der Waals surface area contributed by atoms with E-state index in [2.05, 4.69) is 25.7 Å².